The molecule has 0 aromatic carbocycles. The van der Waals surface area contributed by atoms with Crippen LogP contribution in [0.3, 0.4) is 0 Å². The van der Waals surface area contributed by atoms with E-state index >= 15 is 0 Å². The number of carbonyl (C=O) groups is 1. The summed E-state index contributed by atoms with van der Waals surface area (Å²) in [7, 11) is 0. The summed E-state index contributed by atoms with van der Waals surface area (Å²) in [6.45, 7) is 18.4. The van der Waals surface area contributed by atoms with Gasteiger partial charge in [0.15, 0.2) is 18.4 Å². The van der Waals surface area contributed by atoms with Crippen LogP contribution < -0.4 is 0 Å². The lowest BCUT2D eigenvalue weighted by atomic mass is 9.35. The molecular formula is C50H84O19. The Bertz CT molecular complexity index is 1830. The molecule has 69 heavy (non-hydrogen) atoms. The van der Waals surface area contributed by atoms with Crippen LogP contribution in [-0.2, 0) is 38.0 Å². The third-order valence-corrected chi connectivity index (χ3v) is 19.1. The van der Waals surface area contributed by atoms with Gasteiger partial charge in [-0.2, -0.15) is 0 Å². The third kappa shape index (κ3) is 9.42. The topological polar surface area (TPSA) is 304 Å². The Balaban J connectivity index is 1.15. The van der Waals surface area contributed by atoms with Crippen molar-refractivity contribution in [2.45, 2.75) is 237 Å². The van der Waals surface area contributed by atoms with Crippen LogP contribution in [0.15, 0.2) is 11.6 Å². The minimum atomic E-state index is -2.16. The molecule has 0 spiro atoms. The molecule has 398 valence electrons. The van der Waals surface area contributed by atoms with Crippen molar-refractivity contribution in [3.05, 3.63) is 11.6 Å². The SMILES string of the molecule is CC(=O)O[C@H]1O[C@@H](O[C@H]2CC[C@]3(C)[C@H]4C[C@@H](O)[C@@H]5[C@@H]([C@](C)(CCC=C(C)C)O[C@@H]6O[C@H](CO)[C@@H](O)[C@H](O)[C@H]6O)CC[C@@]5(C)[C@]4(C)CC[C@H]3C2(C)C)[C@H](O[C@]2(C)O[C@H](CO)[C@@H](O)[C@H](O)[C@H]2O)[C@@H](O)[C@@H]1O. The van der Waals surface area contributed by atoms with E-state index in [1.807, 2.05) is 20.8 Å². The number of esters is 1. The number of fused-ring (bicyclic) bond motifs is 5. The molecule has 19 nitrogen and oxygen atoms in total. The van der Waals surface area contributed by atoms with Crippen molar-refractivity contribution in [1.29, 1.82) is 0 Å². The van der Waals surface area contributed by atoms with Gasteiger partial charge in [0.1, 0.15) is 67.1 Å². The van der Waals surface area contributed by atoms with Gasteiger partial charge >= 0.3 is 5.97 Å². The lowest BCUT2D eigenvalue weighted by Gasteiger charge is -2.71. The molecule has 3 saturated heterocycles. The molecule has 11 N–H and O–H groups in total. The second kappa shape index (κ2) is 20.0. The normalized spacial score (nSPS) is 51.6. The van der Waals surface area contributed by atoms with Gasteiger partial charge in [-0.3, -0.25) is 4.79 Å². The van der Waals surface area contributed by atoms with Gasteiger partial charge in [-0.05, 0) is 131 Å². The smallest absolute Gasteiger partial charge is 0.305 e. The Kier molecular flexibility index (Phi) is 16.0. The summed E-state index contributed by atoms with van der Waals surface area (Å²) in [5.74, 6) is -3.22. The highest BCUT2D eigenvalue weighted by atomic mass is 16.8. The lowest BCUT2D eigenvalue weighted by Crippen LogP contribution is -2.69. The van der Waals surface area contributed by atoms with E-state index in [2.05, 4.69) is 40.7 Å². The van der Waals surface area contributed by atoms with E-state index in [4.69, 9.17) is 33.2 Å². The van der Waals surface area contributed by atoms with E-state index in [0.717, 1.165) is 38.2 Å². The second-order valence-electron chi connectivity index (χ2n) is 23.7. The zero-order chi connectivity index (χ0) is 51.1. The first-order valence-corrected chi connectivity index (χ1v) is 25.2. The fraction of sp³-hybridized carbons (Fsp3) is 0.940. The predicted molar refractivity (Wildman–Crippen MR) is 243 cm³/mol. The number of hydrogen-bond acceptors (Lipinski definition) is 19. The maximum absolute atomic E-state index is 12.7. The minimum absolute atomic E-state index is 0.0425. The highest BCUT2D eigenvalue weighted by Crippen LogP contribution is 2.76. The van der Waals surface area contributed by atoms with E-state index in [9.17, 15) is 61.0 Å². The Labute approximate surface area is 406 Å². The molecule has 4 aliphatic carbocycles. The number of allylic oxidation sites excluding steroid dienone is 2. The van der Waals surface area contributed by atoms with Gasteiger partial charge in [-0.1, -0.05) is 46.3 Å². The van der Waals surface area contributed by atoms with Crippen molar-refractivity contribution < 1.29 is 94.1 Å². The summed E-state index contributed by atoms with van der Waals surface area (Å²) in [5, 5.41) is 120. The van der Waals surface area contributed by atoms with E-state index in [1.54, 1.807) is 0 Å². The number of aliphatic hydroxyl groups is 11. The van der Waals surface area contributed by atoms with E-state index in [1.165, 1.54) is 6.92 Å². The van der Waals surface area contributed by atoms with Crippen LogP contribution in [0.2, 0.25) is 0 Å². The van der Waals surface area contributed by atoms with E-state index in [-0.39, 0.29) is 39.9 Å². The molecule has 0 bridgehead atoms. The van der Waals surface area contributed by atoms with Gasteiger partial charge in [0.25, 0.3) is 0 Å². The molecule has 7 rings (SSSR count). The van der Waals surface area contributed by atoms with Crippen molar-refractivity contribution in [3.63, 3.8) is 0 Å². The zero-order valence-electron chi connectivity index (χ0n) is 42.1. The molecule has 19 heteroatoms. The predicted octanol–water partition coefficient (Wildman–Crippen LogP) is 0.892. The van der Waals surface area contributed by atoms with Crippen LogP contribution in [0.4, 0.5) is 0 Å². The number of carbonyl (C=O) groups excluding carboxylic acids is 1. The molecule has 25 atom stereocenters. The average Bonchev–Trinajstić information content (AvgIpc) is 3.67. The van der Waals surface area contributed by atoms with Gasteiger partial charge in [0, 0.05) is 6.92 Å². The molecule has 7 fully saturated rings. The second-order valence-corrected chi connectivity index (χ2v) is 23.7. The summed E-state index contributed by atoms with van der Waals surface area (Å²) in [4.78, 5) is 12.1. The van der Waals surface area contributed by atoms with E-state index < -0.39 is 134 Å². The van der Waals surface area contributed by atoms with Crippen LogP contribution in [-0.4, -0.2) is 185 Å². The minimum Gasteiger partial charge on any atom is -0.433 e. The Morgan fingerprint density at radius 1 is 0.696 bits per heavy atom. The Hall–Kier alpha value is -1.47. The van der Waals surface area contributed by atoms with Crippen molar-refractivity contribution in [3.8, 4) is 0 Å². The first-order valence-electron chi connectivity index (χ1n) is 25.2. The van der Waals surface area contributed by atoms with Crippen LogP contribution in [0, 0.1) is 45.3 Å². The molecule has 4 saturated carbocycles. The average molecular weight is 989 g/mol. The van der Waals surface area contributed by atoms with Crippen LogP contribution in [0.1, 0.15) is 127 Å². The summed E-state index contributed by atoms with van der Waals surface area (Å²) >= 11 is 0. The number of rotatable bonds is 13. The Morgan fingerprint density at radius 3 is 1.94 bits per heavy atom. The number of ether oxygens (including phenoxy) is 7. The Morgan fingerprint density at radius 2 is 1.32 bits per heavy atom. The highest BCUT2D eigenvalue weighted by Gasteiger charge is 2.72. The number of aliphatic hydroxyl groups excluding tert-OH is 11. The van der Waals surface area contributed by atoms with Gasteiger partial charge in [0.2, 0.25) is 6.29 Å². The zero-order valence-corrected chi connectivity index (χ0v) is 42.1. The number of hydrogen-bond donors (Lipinski definition) is 11. The fourth-order valence-electron chi connectivity index (χ4n) is 15.2. The molecule has 3 heterocycles. The van der Waals surface area contributed by atoms with Crippen molar-refractivity contribution >= 4 is 5.97 Å². The van der Waals surface area contributed by atoms with Gasteiger partial charge in [-0.15, -0.1) is 0 Å². The standard InChI is InChI=1S/C50H84O19/c1-23(2)12-11-16-49(9,69-43-38(60)35(57)33(55)27(21-51)64-43)25-13-18-48(8)32(25)26(54)20-30-46(6)17-15-31(45(4,5)29(46)14-19-47(30,48)7)65-44-40(36(58)39(61)42(66-44)63-24(3)53)68-50(10)41(62)37(59)34(56)28(22-52)67-50/h12,25-44,51-52,54-62H,11,13-22H2,1-10H3/t25-,26+,27+,28+,29-,30+,31-,32-,33+,34+,35-,36-,37-,38+,39-,40+,41+,42-,43-,44+,46-,47+,48+,49-,50-/m0/s1. The van der Waals surface area contributed by atoms with Crippen molar-refractivity contribution in [2.24, 2.45) is 45.3 Å². The molecular weight excluding hydrogens is 905 g/mol. The largest absolute Gasteiger partial charge is 0.433 e. The van der Waals surface area contributed by atoms with Gasteiger partial charge in [-0.25, -0.2) is 0 Å². The molecule has 0 aromatic rings. The van der Waals surface area contributed by atoms with Crippen molar-refractivity contribution in [2.75, 3.05) is 13.2 Å². The molecule has 3 aliphatic heterocycles. The first-order chi connectivity index (χ1) is 32.0. The molecule has 0 unspecified atom stereocenters. The maximum atomic E-state index is 12.7. The van der Waals surface area contributed by atoms with Crippen LogP contribution in [0.5, 0.6) is 0 Å². The van der Waals surface area contributed by atoms with Gasteiger partial charge < -0.3 is 89.3 Å². The monoisotopic (exact) mass is 989 g/mol. The maximum Gasteiger partial charge on any atom is 0.305 e. The summed E-state index contributed by atoms with van der Waals surface area (Å²) in [6.07, 6.45) is -15.5. The fourth-order valence-corrected chi connectivity index (χ4v) is 15.2. The molecule has 0 amide bonds. The first kappa shape index (κ1) is 55.3. The van der Waals surface area contributed by atoms with Gasteiger partial charge in [0.05, 0.1) is 31.0 Å². The van der Waals surface area contributed by atoms with Crippen molar-refractivity contribution in [1.82, 2.24) is 0 Å². The third-order valence-electron chi connectivity index (χ3n) is 19.1. The summed E-state index contributed by atoms with van der Waals surface area (Å²) in [5.41, 5.74) is -1.30. The van der Waals surface area contributed by atoms with E-state index in [0.29, 0.717) is 32.1 Å². The highest BCUT2D eigenvalue weighted by molar-refractivity contribution is 5.66. The summed E-state index contributed by atoms with van der Waals surface area (Å²) in [6, 6.07) is 0. The molecule has 7 aliphatic rings. The lowest BCUT2D eigenvalue weighted by molar-refractivity contribution is -0.422. The summed E-state index contributed by atoms with van der Waals surface area (Å²) < 4.78 is 42.9. The molecule has 0 aromatic heterocycles. The quantitative estimate of drug-likeness (QED) is 0.0694. The molecule has 0 radical (unpaired) electrons. The van der Waals surface area contributed by atoms with Crippen LogP contribution in [0.25, 0.3) is 0 Å². The van der Waals surface area contributed by atoms with Crippen LogP contribution >= 0.6 is 0 Å².